The molecule has 0 radical (unpaired) electrons. The predicted octanol–water partition coefficient (Wildman–Crippen LogP) is 2.29. The first kappa shape index (κ1) is 18.2. The molecule has 5 nitrogen and oxygen atoms in total. The zero-order valence-corrected chi connectivity index (χ0v) is 13.7. The van der Waals surface area contributed by atoms with Crippen LogP contribution in [0.4, 0.5) is 0 Å². The normalized spacial score (nSPS) is 13.8. The van der Waals surface area contributed by atoms with E-state index in [1.54, 1.807) is 13.4 Å². The summed E-state index contributed by atoms with van der Waals surface area (Å²) in [6.07, 6.45) is 2.08. The van der Waals surface area contributed by atoms with Crippen LogP contribution in [0, 0.1) is 0 Å². The Balaban J connectivity index is 2.43. The van der Waals surface area contributed by atoms with Crippen molar-refractivity contribution in [2.24, 2.45) is 0 Å². The van der Waals surface area contributed by atoms with E-state index in [1.165, 1.54) is 0 Å². The van der Waals surface area contributed by atoms with Crippen molar-refractivity contribution in [3.05, 3.63) is 24.2 Å². The fourth-order valence-electron chi connectivity index (χ4n) is 1.99. The van der Waals surface area contributed by atoms with Gasteiger partial charge < -0.3 is 19.0 Å². The van der Waals surface area contributed by atoms with Crippen LogP contribution in [0.5, 0.6) is 0 Å². The van der Waals surface area contributed by atoms with Crippen molar-refractivity contribution in [1.29, 1.82) is 0 Å². The van der Waals surface area contributed by atoms with Crippen LogP contribution in [0.2, 0.25) is 0 Å². The number of hydrogen-bond acceptors (Lipinski definition) is 5. The molecule has 0 amide bonds. The topological polar surface area (TPSA) is 55.1 Å². The summed E-state index contributed by atoms with van der Waals surface area (Å²) in [7, 11) is 1.70. The molecule has 5 heteroatoms. The highest BCUT2D eigenvalue weighted by molar-refractivity contribution is 4.97. The van der Waals surface area contributed by atoms with Crippen molar-refractivity contribution < 1.29 is 19.0 Å². The van der Waals surface area contributed by atoms with Crippen molar-refractivity contribution >= 4 is 0 Å². The van der Waals surface area contributed by atoms with Crippen LogP contribution in [0.15, 0.2) is 22.8 Å². The van der Waals surface area contributed by atoms with Gasteiger partial charge in [0.1, 0.15) is 5.76 Å². The minimum absolute atomic E-state index is 0.233. The molecule has 1 atom stereocenters. The van der Waals surface area contributed by atoms with Gasteiger partial charge in [0, 0.05) is 26.8 Å². The number of aliphatic hydroxyl groups is 1. The second-order valence-electron chi connectivity index (χ2n) is 6.24. The van der Waals surface area contributed by atoms with Gasteiger partial charge in [-0.25, -0.2) is 0 Å². The highest BCUT2D eigenvalue weighted by atomic mass is 16.5. The maximum absolute atomic E-state index is 10.1. The Hall–Kier alpha value is -0.880. The number of hydrogen-bond donors (Lipinski definition) is 1. The third-order valence-corrected chi connectivity index (χ3v) is 2.96. The van der Waals surface area contributed by atoms with Gasteiger partial charge in [0.25, 0.3) is 0 Å². The van der Waals surface area contributed by atoms with Crippen molar-refractivity contribution in [2.45, 2.75) is 45.4 Å². The molecule has 0 aromatic carbocycles. The largest absolute Gasteiger partial charge is 0.468 e. The number of ether oxygens (including phenoxy) is 2. The first-order valence-electron chi connectivity index (χ1n) is 7.46. The summed E-state index contributed by atoms with van der Waals surface area (Å²) in [6.45, 7) is 9.09. The Morgan fingerprint density at radius 1 is 1.38 bits per heavy atom. The lowest BCUT2D eigenvalue weighted by atomic mass is 10.2. The molecule has 21 heavy (non-hydrogen) atoms. The van der Waals surface area contributed by atoms with Gasteiger partial charge in [0.2, 0.25) is 0 Å². The minimum atomic E-state index is -0.512. The van der Waals surface area contributed by atoms with Crippen LogP contribution in [-0.4, -0.2) is 55.1 Å². The fourth-order valence-corrected chi connectivity index (χ4v) is 1.99. The van der Waals surface area contributed by atoms with Crippen molar-refractivity contribution in [3.8, 4) is 0 Å². The summed E-state index contributed by atoms with van der Waals surface area (Å²) >= 11 is 0. The summed E-state index contributed by atoms with van der Waals surface area (Å²) in [5.41, 5.74) is -0.233. The number of methoxy groups -OCH3 is 1. The van der Waals surface area contributed by atoms with E-state index >= 15 is 0 Å². The molecular weight excluding hydrogens is 270 g/mol. The number of rotatable bonds is 10. The van der Waals surface area contributed by atoms with Gasteiger partial charge in [-0.1, -0.05) is 0 Å². The summed E-state index contributed by atoms with van der Waals surface area (Å²) < 4.78 is 16.1. The molecule has 0 fully saturated rings. The van der Waals surface area contributed by atoms with Gasteiger partial charge in [-0.15, -0.1) is 0 Å². The monoisotopic (exact) mass is 299 g/mol. The molecule has 1 rings (SSSR count). The molecule has 0 saturated carbocycles. The highest BCUT2D eigenvalue weighted by Gasteiger charge is 2.17. The van der Waals surface area contributed by atoms with Gasteiger partial charge in [-0.3, -0.25) is 4.90 Å². The second kappa shape index (κ2) is 9.20. The van der Waals surface area contributed by atoms with E-state index in [0.29, 0.717) is 26.3 Å². The Kier molecular flexibility index (Phi) is 7.96. The highest BCUT2D eigenvalue weighted by Crippen LogP contribution is 2.10. The maximum atomic E-state index is 10.1. The summed E-state index contributed by atoms with van der Waals surface area (Å²) in [6, 6.07) is 3.82. The van der Waals surface area contributed by atoms with Crippen LogP contribution in [0.3, 0.4) is 0 Å². The van der Waals surface area contributed by atoms with Crippen LogP contribution in [0.1, 0.15) is 33.0 Å². The van der Waals surface area contributed by atoms with E-state index in [4.69, 9.17) is 13.9 Å². The number of furan rings is 1. The molecule has 0 spiro atoms. The van der Waals surface area contributed by atoms with Crippen molar-refractivity contribution in [2.75, 3.05) is 33.4 Å². The lowest BCUT2D eigenvalue weighted by molar-refractivity contribution is -0.0572. The smallest absolute Gasteiger partial charge is 0.117 e. The third kappa shape index (κ3) is 8.88. The lowest BCUT2D eigenvalue weighted by Gasteiger charge is -2.26. The van der Waals surface area contributed by atoms with Crippen LogP contribution >= 0.6 is 0 Å². The van der Waals surface area contributed by atoms with Gasteiger partial charge in [-0.2, -0.15) is 0 Å². The standard InChI is InChI=1S/C16H29NO4/c1-16(2,3)21-13-14(18)11-17(8-6-9-19-4)12-15-7-5-10-20-15/h5,7,10,14,18H,6,8-9,11-13H2,1-4H3. The Labute approximate surface area is 127 Å². The van der Waals surface area contributed by atoms with E-state index in [2.05, 4.69) is 4.90 Å². The first-order chi connectivity index (χ1) is 9.90. The van der Waals surface area contributed by atoms with Crippen LogP contribution < -0.4 is 0 Å². The van der Waals surface area contributed by atoms with Gasteiger partial charge >= 0.3 is 0 Å². The molecule has 122 valence electrons. The van der Waals surface area contributed by atoms with Gasteiger partial charge in [-0.05, 0) is 39.3 Å². The second-order valence-corrected chi connectivity index (χ2v) is 6.24. The van der Waals surface area contributed by atoms with Crippen LogP contribution in [0.25, 0.3) is 0 Å². The number of nitrogens with zero attached hydrogens (tertiary/aromatic N) is 1. The predicted molar refractivity (Wildman–Crippen MR) is 82.2 cm³/mol. The Morgan fingerprint density at radius 3 is 2.71 bits per heavy atom. The van der Waals surface area contributed by atoms with E-state index in [-0.39, 0.29) is 5.60 Å². The van der Waals surface area contributed by atoms with E-state index < -0.39 is 6.10 Å². The molecular formula is C16H29NO4. The summed E-state index contributed by atoms with van der Waals surface area (Å²) in [5, 5.41) is 10.1. The molecule has 1 N–H and O–H groups in total. The molecule has 0 bridgehead atoms. The fraction of sp³-hybridized carbons (Fsp3) is 0.750. The average molecular weight is 299 g/mol. The lowest BCUT2D eigenvalue weighted by Crippen LogP contribution is -2.37. The molecule has 0 aliphatic rings. The molecule has 1 aromatic heterocycles. The molecule has 1 heterocycles. The Morgan fingerprint density at radius 2 is 2.14 bits per heavy atom. The third-order valence-electron chi connectivity index (χ3n) is 2.96. The molecule has 0 aliphatic heterocycles. The van der Waals surface area contributed by atoms with Crippen LogP contribution in [-0.2, 0) is 16.0 Å². The van der Waals surface area contributed by atoms with Crippen molar-refractivity contribution in [3.63, 3.8) is 0 Å². The first-order valence-corrected chi connectivity index (χ1v) is 7.46. The Bertz CT molecular complexity index is 359. The zero-order chi connectivity index (χ0) is 15.7. The molecule has 0 aliphatic carbocycles. The zero-order valence-electron chi connectivity index (χ0n) is 13.7. The van der Waals surface area contributed by atoms with Gasteiger partial charge in [0.05, 0.1) is 31.1 Å². The quantitative estimate of drug-likeness (QED) is 0.672. The van der Waals surface area contributed by atoms with E-state index in [0.717, 1.165) is 18.7 Å². The maximum Gasteiger partial charge on any atom is 0.117 e. The molecule has 0 saturated heterocycles. The van der Waals surface area contributed by atoms with E-state index in [9.17, 15) is 5.11 Å². The van der Waals surface area contributed by atoms with E-state index in [1.807, 2.05) is 32.9 Å². The molecule has 1 aromatic rings. The number of aliphatic hydroxyl groups excluding tert-OH is 1. The SMILES string of the molecule is COCCCN(Cc1ccco1)CC(O)COC(C)(C)C. The average Bonchev–Trinajstić information content (AvgIpc) is 2.88. The molecule has 1 unspecified atom stereocenters. The minimum Gasteiger partial charge on any atom is -0.468 e. The summed E-state index contributed by atoms with van der Waals surface area (Å²) in [5.74, 6) is 0.899. The summed E-state index contributed by atoms with van der Waals surface area (Å²) in [4.78, 5) is 2.16. The van der Waals surface area contributed by atoms with Crippen molar-refractivity contribution in [1.82, 2.24) is 4.90 Å². The van der Waals surface area contributed by atoms with Gasteiger partial charge in [0.15, 0.2) is 0 Å².